The van der Waals surface area contributed by atoms with Crippen LogP contribution < -0.4 is 10.2 Å². The standard InChI is InChI=1S/C17H27BrN2/c1-6-10-19-14(5)16-12-15(18)8-9-17(16)20(11-7-2)13(3)4/h7-9,12-14,19H,2,6,10-11H2,1,3-5H3. The van der Waals surface area contributed by atoms with Crippen molar-refractivity contribution in [3.8, 4) is 0 Å². The highest BCUT2D eigenvalue weighted by molar-refractivity contribution is 9.10. The van der Waals surface area contributed by atoms with E-state index in [0.29, 0.717) is 12.1 Å². The number of rotatable bonds is 8. The van der Waals surface area contributed by atoms with E-state index in [2.05, 4.69) is 78.6 Å². The van der Waals surface area contributed by atoms with Crippen molar-refractivity contribution in [2.75, 3.05) is 18.0 Å². The molecule has 0 bridgehead atoms. The molecule has 0 aromatic heterocycles. The van der Waals surface area contributed by atoms with Gasteiger partial charge in [0.15, 0.2) is 0 Å². The van der Waals surface area contributed by atoms with E-state index in [4.69, 9.17) is 0 Å². The monoisotopic (exact) mass is 338 g/mol. The third-order valence-electron chi connectivity index (χ3n) is 3.42. The lowest BCUT2D eigenvalue weighted by molar-refractivity contribution is 0.567. The number of hydrogen-bond donors (Lipinski definition) is 1. The average Bonchev–Trinajstić information content (AvgIpc) is 2.42. The van der Waals surface area contributed by atoms with E-state index in [1.807, 2.05) is 6.08 Å². The highest BCUT2D eigenvalue weighted by Crippen LogP contribution is 2.30. The Morgan fingerprint density at radius 1 is 1.35 bits per heavy atom. The maximum Gasteiger partial charge on any atom is 0.0420 e. The Hall–Kier alpha value is -0.800. The van der Waals surface area contributed by atoms with E-state index >= 15 is 0 Å². The van der Waals surface area contributed by atoms with Crippen LogP contribution >= 0.6 is 15.9 Å². The molecule has 0 saturated heterocycles. The van der Waals surface area contributed by atoms with Crippen molar-refractivity contribution in [2.45, 2.75) is 46.2 Å². The molecule has 0 amide bonds. The fraction of sp³-hybridized carbons (Fsp3) is 0.529. The maximum absolute atomic E-state index is 3.88. The van der Waals surface area contributed by atoms with Crippen molar-refractivity contribution in [3.63, 3.8) is 0 Å². The van der Waals surface area contributed by atoms with Gasteiger partial charge in [0.05, 0.1) is 0 Å². The van der Waals surface area contributed by atoms with Crippen molar-refractivity contribution in [2.24, 2.45) is 0 Å². The van der Waals surface area contributed by atoms with Crippen LogP contribution in [-0.4, -0.2) is 19.1 Å². The van der Waals surface area contributed by atoms with Gasteiger partial charge in [0.25, 0.3) is 0 Å². The van der Waals surface area contributed by atoms with Crippen molar-refractivity contribution < 1.29 is 0 Å². The molecule has 0 aliphatic rings. The molecule has 0 aliphatic carbocycles. The smallest absolute Gasteiger partial charge is 0.0420 e. The summed E-state index contributed by atoms with van der Waals surface area (Å²) >= 11 is 3.59. The van der Waals surface area contributed by atoms with Crippen LogP contribution in [0.5, 0.6) is 0 Å². The second kappa shape index (κ2) is 8.48. The van der Waals surface area contributed by atoms with Gasteiger partial charge in [0.2, 0.25) is 0 Å². The van der Waals surface area contributed by atoms with E-state index in [1.165, 1.54) is 11.3 Å². The van der Waals surface area contributed by atoms with E-state index in [1.54, 1.807) is 0 Å². The molecule has 0 saturated carbocycles. The normalized spacial score (nSPS) is 12.5. The molecule has 1 rings (SSSR count). The highest BCUT2D eigenvalue weighted by Gasteiger charge is 2.17. The molecule has 1 aromatic carbocycles. The van der Waals surface area contributed by atoms with Gasteiger partial charge >= 0.3 is 0 Å². The first kappa shape index (κ1) is 17.3. The second-order valence-electron chi connectivity index (χ2n) is 5.41. The minimum absolute atomic E-state index is 0.341. The summed E-state index contributed by atoms with van der Waals surface area (Å²) in [6.07, 6.45) is 3.12. The zero-order valence-corrected chi connectivity index (χ0v) is 14.7. The Balaban J connectivity index is 3.13. The van der Waals surface area contributed by atoms with Crippen LogP contribution in [0, 0.1) is 0 Å². The Labute approximate surface area is 132 Å². The summed E-state index contributed by atoms with van der Waals surface area (Å²) in [7, 11) is 0. The highest BCUT2D eigenvalue weighted by atomic mass is 79.9. The largest absolute Gasteiger partial charge is 0.365 e. The first-order chi connectivity index (χ1) is 9.51. The first-order valence-corrected chi connectivity index (χ1v) is 8.20. The van der Waals surface area contributed by atoms with Crippen LogP contribution in [0.3, 0.4) is 0 Å². The molecule has 1 atom stereocenters. The molecule has 1 N–H and O–H groups in total. The minimum Gasteiger partial charge on any atom is -0.365 e. The van der Waals surface area contributed by atoms with Gasteiger partial charge < -0.3 is 10.2 Å². The summed E-state index contributed by atoms with van der Waals surface area (Å²) in [5.74, 6) is 0. The number of benzene rings is 1. The first-order valence-electron chi connectivity index (χ1n) is 7.41. The molecule has 0 fully saturated rings. The van der Waals surface area contributed by atoms with E-state index in [-0.39, 0.29) is 0 Å². The van der Waals surface area contributed by atoms with E-state index < -0.39 is 0 Å². The van der Waals surface area contributed by atoms with E-state index in [0.717, 1.165) is 24.0 Å². The van der Waals surface area contributed by atoms with Crippen LogP contribution in [0.4, 0.5) is 5.69 Å². The Morgan fingerprint density at radius 3 is 2.60 bits per heavy atom. The Bertz CT molecular complexity index is 429. The van der Waals surface area contributed by atoms with Gasteiger partial charge in [-0.3, -0.25) is 0 Å². The third kappa shape index (κ3) is 4.64. The van der Waals surface area contributed by atoms with Gasteiger partial charge in [0.1, 0.15) is 0 Å². The quantitative estimate of drug-likeness (QED) is 0.677. The predicted molar refractivity (Wildman–Crippen MR) is 93.5 cm³/mol. The SMILES string of the molecule is C=CCN(c1ccc(Br)cc1C(C)NCCC)C(C)C. The van der Waals surface area contributed by atoms with Crippen molar-refractivity contribution >= 4 is 21.6 Å². The molecular weight excluding hydrogens is 312 g/mol. The molecule has 0 radical (unpaired) electrons. The van der Waals surface area contributed by atoms with Crippen LogP contribution in [0.15, 0.2) is 35.3 Å². The molecule has 0 spiro atoms. The summed E-state index contributed by atoms with van der Waals surface area (Å²) < 4.78 is 1.13. The molecule has 1 aromatic rings. The van der Waals surface area contributed by atoms with Crippen molar-refractivity contribution in [1.29, 1.82) is 0 Å². The van der Waals surface area contributed by atoms with Gasteiger partial charge in [-0.1, -0.05) is 28.9 Å². The van der Waals surface area contributed by atoms with Crippen LogP contribution in [0.2, 0.25) is 0 Å². The third-order valence-corrected chi connectivity index (χ3v) is 3.91. The summed E-state index contributed by atoms with van der Waals surface area (Å²) in [4.78, 5) is 2.39. The fourth-order valence-electron chi connectivity index (χ4n) is 2.33. The number of anilines is 1. The molecule has 2 nitrogen and oxygen atoms in total. The Morgan fingerprint density at radius 2 is 2.05 bits per heavy atom. The molecule has 20 heavy (non-hydrogen) atoms. The lowest BCUT2D eigenvalue weighted by Crippen LogP contribution is -2.33. The number of hydrogen-bond acceptors (Lipinski definition) is 2. The van der Waals surface area contributed by atoms with E-state index in [9.17, 15) is 0 Å². The zero-order valence-electron chi connectivity index (χ0n) is 13.1. The fourth-order valence-corrected chi connectivity index (χ4v) is 2.71. The van der Waals surface area contributed by atoms with Gasteiger partial charge in [-0.25, -0.2) is 0 Å². The number of halogens is 1. The summed E-state index contributed by atoms with van der Waals surface area (Å²) in [5.41, 5.74) is 2.63. The topological polar surface area (TPSA) is 15.3 Å². The molecule has 112 valence electrons. The summed E-state index contributed by atoms with van der Waals surface area (Å²) in [6, 6.07) is 7.33. The number of nitrogens with one attached hydrogen (secondary N) is 1. The number of nitrogens with zero attached hydrogens (tertiary/aromatic N) is 1. The van der Waals surface area contributed by atoms with Gasteiger partial charge in [-0.15, -0.1) is 6.58 Å². The summed E-state index contributed by atoms with van der Waals surface area (Å²) in [6.45, 7) is 14.7. The summed E-state index contributed by atoms with van der Waals surface area (Å²) in [5, 5.41) is 3.58. The van der Waals surface area contributed by atoms with Gasteiger partial charge in [0, 0.05) is 28.8 Å². The molecular formula is C17H27BrN2. The molecule has 1 unspecified atom stereocenters. The van der Waals surface area contributed by atoms with Crippen molar-refractivity contribution in [1.82, 2.24) is 5.32 Å². The van der Waals surface area contributed by atoms with Gasteiger partial charge in [-0.05, 0) is 57.5 Å². The molecule has 0 aliphatic heterocycles. The molecule has 0 heterocycles. The second-order valence-corrected chi connectivity index (χ2v) is 6.33. The lowest BCUT2D eigenvalue weighted by Gasteiger charge is -2.31. The lowest BCUT2D eigenvalue weighted by atomic mass is 10.0. The van der Waals surface area contributed by atoms with Gasteiger partial charge in [-0.2, -0.15) is 0 Å². The van der Waals surface area contributed by atoms with Crippen LogP contribution in [0.1, 0.15) is 45.7 Å². The maximum atomic E-state index is 3.88. The zero-order chi connectivity index (χ0) is 15.1. The Kier molecular flexibility index (Phi) is 7.31. The van der Waals surface area contributed by atoms with Crippen LogP contribution in [-0.2, 0) is 0 Å². The average molecular weight is 339 g/mol. The molecule has 3 heteroatoms. The van der Waals surface area contributed by atoms with Crippen LogP contribution in [0.25, 0.3) is 0 Å². The predicted octanol–water partition coefficient (Wildman–Crippen LogP) is 4.91. The van der Waals surface area contributed by atoms with Crippen molar-refractivity contribution in [3.05, 3.63) is 40.9 Å². The minimum atomic E-state index is 0.341.